The normalized spacial score (nSPS) is 31.9. The molecule has 2 unspecified atom stereocenters. The number of hydrogen-bond acceptors (Lipinski definition) is 2. The molecule has 0 aromatic rings. The van der Waals surface area contributed by atoms with Gasteiger partial charge < -0.3 is 5.32 Å². The van der Waals surface area contributed by atoms with Gasteiger partial charge in [0.05, 0.1) is 0 Å². The van der Waals surface area contributed by atoms with Gasteiger partial charge in [-0.25, -0.2) is 0 Å². The van der Waals surface area contributed by atoms with Crippen molar-refractivity contribution < 1.29 is 0 Å². The molecule has 1 heterocycles. The van der Waals surface area contributed by atoms with Crippen molar-refractivity contribution in [3.8, 4) is 0 Å². The lowest BCUT2D eigenvalue weighted by atomic mass is 10.1. The van der Waals surface area contributed by atoms with Gasteiger partial charge in [-0.2, -0.15) is 0 Å². The summed E-state index contributed by atoms with van der Waals surface area (Å²) in [6.07, 6.45) is 8.57. The lowest BCUT2D eigenvalue weighted by Gasteiger charge is -2.39. The second-order valence-corrected chi connectivity index (χ2v) is 5.82. The molecule has 0 amide bonds. The van der Waals surface area contributed by atoms with Crippen LogP contribution in [0.2, 0.25) is 0 Å². The van der Waals surface area contributed by atoms with Crippen molar-refractivity contribution in [2.24, 2.45) is 5.92 Å². The van der Waals surface area contributed by atoms with Crippen LogP contribution in [0, 0.1) is 5.92 Å². The molecule has 2 fully saturated rings. The van der Waals surface area contributed by atoms with Crippen LogP contribution in [0.1, 0.15) is 52.4 Å². The van der Waals surface area contributed by atoms with Crippen molar-refractivity contribution in [3.05, 3.63) is 0 Å². The molecule has 2 nitrogen and oxygen atoms in total. The minimum absolute atomic E-state index is 0.743. The van der Waals surface area contributed by atoms with Gasteiger partial charge in [0.15, 0.2) is 0 Å². The molecule has 1 saturated carbocycles. The van der Waals surface area contributed by atoms with E-state index in [1.807, 2.05) is 0 Å². The Balaban J connectivity index is 1.67. The summed E-state index contributed by atoms with van der Waals surface area (Å²) in [5, 5.41) is 3.67. The molecule has 0 spiro atoms. The average molecular weight is 224 g/mol. The van der Waals surface area contributed by atoms with Gasteiger partial charge in [0.1, 0.15) is 0 Å². The van der Waals surface area contributed by atoms with Crippen LogP contribution in [0.3, 0.4) is 0 Å². The zero-order valence-electron chi connectivity index (χ0n) is 11.0. The third kappa shape index (κ3) is 3.74. The van der Waals surface area contributed by atoms with E-state index in [1.54, 1.807) is 0 Å². The standard InChI is InChI=1S/C14H28N2/c1-3-5-14-11-16(12(2)10-15-14)9-4-6-13-7-8-13/h12-15H,3-11H2,1-2H3. The highest BCUT2D eigenvalue weighted by Crippen LogP contribution is 2.33. The van der Waals surface area contributed by atoms with Crippen molar-refractivity contribution in [1.29, 1.82) is 0 Å². The second kappa shape index (κ2) is 6.02. The average Bonchev–Trinajstić information content (AvgIpc) is 3.07. The summed E-state index contributed by atoms with van der Waals surface area (Å²) in [6, 6.07) is 1.49. The molecule has 1 aliphatic heterocycles. The summed E-state index contributed by atoms with van der Waals surface area (Å²) in [4.78, 5) is 2.71. The van der Waals surface area contributed by atoms with Gasteiger partial charge in [0.2, 0.25) is 0 Å². The van der Waals surface area contributed by atoms with Gasteiger partial charge in [0.25, 0.3) is 0 Å². The number of nitrogens with zero attached hydrogens (tertiary/aromatic N) is 1. The Morgan fingerprint density at radius 3 is 2.75 bits per heavy atom. The zero-order valence-corrected chi connectivity index (χ0v) is 11.0. The maximum absolute atomic E-state index is 3.67. The molecule has 2 aliphatic rings. The Bertz CT molecular complexity index is 201. The highest BCUT2D eigenvalue weighted by molar-refractivity contribution is 4.84. The number of piperazine rings is 1. The first-order chi connectivity index (χ1) is 7.79. The first kappa shape index (κ1) is 12.4. The van der Waals surface area contributed by atoms with Crippen LogP contribution in [0.5, 0.6) is 0 Å². The quantitative estimate of drug-likeness (QED) is 0.746. The smallest absolute Gasteiger partial charge is 0.0195 e. The fourth-order valence-corrected chi connectivity index (χ4v) is 2.84. The Labute approximate surface area is 101 Å². The highest BCUT2D eigenvalue weighted by Gasteiger charge is 2.25. The van der Waals surface area contributed by atoms with Crippen LogP contribution in [0.25, 0.3) is 0 Å². The summed E-state index contributed by atoms with van der Waals surface area (Å²) in [6.45, 7) is 8.46. The first-order valence-electron chi connectivity index (χ1n) is 7.27. The number of rotatable bonds is 6. The summed E-state index contributed by atoms with van der Waals surface area (Å²) >= 11 is 0. The highest BCUT2D eigenvalue weighted by atomic mass is 15.2. The van der Waals surface area contributed by atoms with Crippen molar-refractivity contribution in [3.63, 3.8) is 0 Å². The monoisotopic (exact) mass is 224 g/mol. The Morgan fingerprint density at radius 1 is 1.25 bits per heavy atom. The molecule has 2 heteroatoms. The van der Waals surface area contributed by atoms with Crippen molar-refractivity contribution in [1.82, 2.24) is 10.2 Å². The van der Waals surface area contributed by atoms with Crippen molar-refractivity contribution in [2.75, 3.05) is 19.6 Å². The van der Waals surface area contributed by atoms with Crippen LogP contribution in [-0.4, -0.2) is 36.6 Å². The minimum Gasteiger partial charge on any atom is -0.311 e. The fraction of sp³-hybridized carbons (Fsp3) is 1.00. The largest absolute Gasteiger partial charge is 0.311 e. The Kier molecular flexibility index (Phi) is 4.66. The molecule has 2 atom stereocenters. The predicted molar refractivity (Wildman–Crippen MR) is 69.7 cm³/mol. The third-order valence-corrected chi connectivity index (χ3v) is 4.17. The molecule has 1 saturated heterocycles. The predicted octanol–water partition coefficient (Wildman–Crippen LogP) is 2.64. The maximum Gasteiger partial charge on any atom is 0.0195 e. The molecule has 1 aliphatic carbocycles. The Morgan fingerprint density at radius 2 is 2.06 bits per heavy atom. The molecular weight excluding hydrogens is 196 g/mol. The van der Waals surface area contributed by atoms with Gasteiger partial charge in [-0.05, 0) is 38.6 Å². The Hall–Kier alpha value is -0.0800. The van der Waals surface area contributed by atoms with Gasteiger partial charge in [0, 0.05) is 25.2 Å². The molecule has 2 rings (SSSR count). The van der Waals surface area contributed by atoms with Crippen molar-refractivity contribution in [2.45, 2.75) is 64.5 Å². The van der Waals surface area contributed by atoms with Crippen molar-refractivity contribution >= 4 is 0 Å². The van der Waals surface area contributed by atoms with Crippen LogP contribution >= 0.6 is 0 Å². The van der Waals surface area contributed by atoms with Gasteiger partial charge in [-0.15, -0.1) is 0 Å². The molecule has 0 aromatic heterocycles. The van der Waals surface area contributed by atoms with E-state index in [-0.39, 0.29) is 0 Å². The molecule has 94 valence electrons. The van der Waals surface area contributed by atoms with Gasteiger partial charge in [-0.3, -0.25) is 4.90 Å². The van der Waals surface area contributed by atoms with E-state index in [0.29, 0.717) is 0 Å². The summed E-state index contributed by atoms with van der Waals surface area (Å²) in [5.41, 5.74) is 0. The van der Waals surface area contributed by atoms with Crippen LogP contribution < -0.4 is 5.32 Å². The lowest BCUT2D eigenvalue weighted by molar-refractivity contribution is 0.134. The van der Waals surface area contributed by atoms with E-state index in [0.717, 1.165) is 18.0 Å². The SMILES string of the molecule is CCCC1CN(CCCC2CC2)C(C)CN1. The summed E-state index contributed by atoms with van der Waals surface area (Å²) < 4.78 is 0. The van der Waals surface area contributed by atoms with Crippen LogP contribution in [0.4, 0.5) is 0 Å². The number of nitrogens with one attached hydrogen (secondary N) is 1. The second-order valence-electron chi connectivity index (χ2n) is 5.82. The molecule has 0 radical (unpaired) electrons. The van der Waals surface area contributed by atoms with E-state index >= 15 is 0 Å². The molecule has 0 aromatic carbocycles. The van der Waals surface area contributed by atoms with E-state index < -0.39 is 0 Å². The van der Waals surface area contributed by atoms with E-state index in [2.05, 4.69) is 24.1 Å². The van der Waals surface area contributed by atoms with E-state index in [1.165, 1.54) is 58.2 Å². The summed E-state index contributed by atoms with van der Waals surface area (Å²) in [7, 11) is 0. The number of hydrogen-bond donors (Lipinski definition) is 1. The van der Waals surface area contributed by atoms with Crippen LogP contribution in [0.15, 0.2) is 0 Å². The zero-order chi connectivity index (χ0) is 11.4. The minimum atomic E-state index is 0.743. The van der Waals surface area contributed by atoms with Gasteiger partial charge in [-0.1, -0.05) is 26.2 Å². The lowest BCUT2D eigenvalue weighted by Crippen LogP contribution is -2.55. The fourth-order valence-electron chi connectivity index (χ4n) is 2.84. The third-order valence-electron chi connectivity index (χ3n) is 4.17. The van der Waals surface area contributed by atoms with Gasteiger partial charge >= 0.3 is 0 Å². The van der Waals surface area contributed by atoms with Crippen LogP contribution in [-0.2, 0) is 0 Å². The first-order valence-corrected chi connectivity index (χ1v) is 7.27. The molecule has 1 N–H and O–H groups in total. The topological polar surface area (TPSA) is 15.3 Å². The maximum atomic E-state index is 3.67. The van der Waals surface area contributed by atoms with E-state index in [9.17, 15) is 0 Å². The summed E-state index contributed by atoms with van der Waals surface area (Å²) in [5.74, 6) is 1.10. The molecule has 0 bridgehead atoms. The molecular formula is C14H28N2. The molecule has 16 heavy (non-hydrogen) atoms. The van der Waals surface area contributed by atoms with E-state index in [4.69, 9.17) is 0 Å².